The van der Waals surface area contributed by atoms with Crippen LogP contribution in [-0.4, -0.2) is 91.4 Å². The number of ether oxygens (including phenoxy) is 1. The van der Waals surface area contributed by atoms with Crippen LogP contribution in [0.4, 0.5) is 26.8 Å². The van der Waals surface area contributed by atoms with Gasteiger partial charge in [-0.2, -0.15) is 0 Å². The number of carbonyl (C=O) groups excluding carboxylic acids is 7. The third-order valence-electron chi connectivity index (χ3n) is 11.0. The van der Waals surface area contributed by atoms with Crippen molar-refractivity contribution in [2.75, 3.05) is 29.5 Å². The Labute approximate surface area is 385 Å². The fraction of sp³-hybridized carbons (Fsp3) is 0.340. The number of fused-ring (bicyclic) bond motifs is 3. The van der Waals surface area contributed by atoms with Crippen molar-refractivity contribution in [3.05, 3.63) is 102 Å². The first-order valence-corrected chi connectivity index (χ1v) is 21.9. The van der Waals surface area contributed by atoms with Crippen molar-refractivity contribution in [1.29, 1.82) is 0 Å². The van der Waals surface area contributed by atoms with E-state index in [-0.39, 0.29) is 68.6 Å². The van der Waals surface area contributed by atoms with E-state index >= 15 is 0 Å². The number of imidazole rings is 1. The van der Waals surface area contributed by atoms with Crippen LogP contribution in [0.2, 0.25) is 0 Å². The molecule has 3 aromatic carbocycles. The largest absolute Gasteiger partial charge is 0.444 e. The normalized spacial score (nSPS) is 13.2. The monoisotopic (exact) mass is 917 g/mol. The number of nitrogens with one attached hydrogen (secondary N) is 5. The van der Waals surface area contributed by atoms with Crippen LogP contribution in [0.15, 0.2) is 84.9 Å². The van der Waals surface area contributed by atoms with Crippen molar-refractivity contribution in [1.82, 2.24) is 35.4 Å². The number of aliphatic hydroxyl groups is 1. The summed E-state index contributed by atoms with van der Waals surface area (Å²) in [5.41, 5.74) is 15.8. The van der Waals surface area contributed by atoms with Crippen LogP contribution in [0.5, 0.6) is 0 Å². The average Bonchev–Trinajstić information content (AvgIpc) is 3.84. The van der Waals surface area contributed by atoms with Gasteiger partial charge < -0.3 is 47.1 Å². The van der Waals surface area contributed by atoms with Crippen LogP contribution in [0.3, 0.4) is 0 Å². The quantitative estimate of drug-likeness (QED) is 0.0362. The number of imide groups is 1. The minimum atomic E-state index is -1.05. The molecule has 67 heavy (non-hydrogen) atoms. The molecule has 1 aliphatic heterocycles. The summed E-state index contributed by atoms with van der Waals surface area (Å²) in [7, 11) is 0. The minimum Gasteiger partial charge on any atom is -0.444 e. The molecule has 0 aliphatic carbocycles. The number of hydrogen-bond acceptors (Lipinski definition) is 12. The van der Waals surface area contributed by atoms with Gasteiger partial charge in [-0.1, -0.05) is 62.7 Å². The Hall–Kier alpha value is -7.87. The maximum atomic E-state index is 13.6. The molecular weight excluding hydrogens is 863 g/mol. The number of anilines is 3. The molecule has 0 spiro atoms. The molecule has 20 heteroatoms. The van der Waals surface area contributed by atoms with Crippen LogP contribution in [0, 0.1) is 5.92 Å². The zero-order valence-corrected chi connectivity index (χ0v) is 37.2. The number of carbonyl (C=O) groups is 7. The summed E-state index contributed by atoms with van der Waals surface area (Å²) in [5.74, 6) is -1.80. The van der Waals surface area contributed by atoms with Crippen molar-refractivity contribution >= 4 is 80.8 Å². The van der Waals surface area contributed by atoms with Crippen LogP contribution in [0.1, 0.15) is 69.3 Å². The van der Waals surface area contributed by atoms with Gasteiger partial charge in [-0.3, -0.25) is 34.2 Å². The van der Waals surface area contributed by atoms with Crippen LogP contribution in [-0.2, 0) is 48.5 Å². The first-order valence-electron chi connectivity index (χ1n) is 21.9. The van der Waals surface area contributed by atoms with Crippen molar-refractivity contribution in [3.63, 3.8) is 0 Å². The Bertz CT molecular complexity index is 2630. The van der Waals surface area contributed by atoms with E-state index in [9.17, 15) is 38.7 Å². The lowest BCUT2D eigenvalue weighted by atomic mass is 10.0. The van der Waals surface area contributed by atoms with Crippen molar-refractivity contribution in [2.45, 2.75) is 84.2 Å². The molecule has 6 rings (SSSR count). The lowest BCUT2D eigenvalue weighted by Crippen LogP contribution is -2.54. The minimum absolute atomic E-state index is 0.0755. The van der Waals surface area contributed by atoms with Gasteiger partial charge in [-0.15, -0.1) is 0 Å². The summed E-state index contributed by atoms with van der Waals surface area (Å²) in [6.45, 7) is 3.94. The Morgan fingerprint density at radius 1 is 0.791 bits per heavy atom. The number of amides is 8. The van der Waals surface area contributed by atoms with Gasteiger partial charge in [0, 0.05) is 55.0 Å². The lowest BCUT2D eigenvalue weighted by Gasteiger charge is -2.25. The molecule has 0 fully saturated rings. The fourth-order valence-corrected chi connectivity index (χ4v) is 7.50. The molecule has 1 aliphatic rings. The Morgan fingerprint density at radius 2 is 1.46 bits per heavy atom. The summed E-state index contributed by atoms with van der Waals surface area (Å²) in [4.78, 5) is 97.6. The fourth-order valence-electron chi connectivity index (χ4n) is 7.50. The average molecular weight is 918 g/mol. The van der Waals surface area contributed by atoms with Crippen molar-refractivity contribution < 1.29 is 43.4 Å². The van der Waals surface area contributed by atoms with Crippen LogP contribution < -0.4 is 38.1 Å². The smallest absolute Gasteiger partial charge is 0.411 e. The molecule has 0 saturated carbocycles. The number of primary amides is 1. The second-order valence-corrected chi connectivity index (χ2v) is 16.3. The molecule has 8 amide bonds. The number of rotatable bonds is 22. The molecule has 0 bridgehead atoms. The van der Waals surface area contributed by atoms with Gasteiger partial charge in [-0.05, 0) is 73.1 Å². The molecule has 3 heterocycles. The van der Waals surface area contributed by atoms with Gasteiger partial charge in [0.2, 0.25) is 17.7 Å². The molecule has 2 atom stereocenters. The third-order valence-corrected chi connectivity index (χ3v) is 11.0. The second kappa shape index (κ2) is 22.8. The number of benzene rings is 3. The number of unbranched alkanes of at least 4 members (excludes halogenated alkanes) is 2. The van der Waals surface area contributed by atoms with Gasteiger partial charge in [0.25, 0.3) is 11.8 Å². The number of pyridine rings is 1. The Balaban J connectivity index is 0.982. The summed E-state index contributed by atoms with van der Waals surface area (Å²) >= 11 is 0. The van der Waals surface area contributed by atoms with Gasteiger partial charge in [0.05, 0.1) is 11.0 Å². The predicted octanol–water partition coefficient (Wildman–Crippen LogP) is 3.95. The first-order chi connectivity index (χ1) is 32.2. The number of nitrogens with two attached hydrogens (primary N) is 2. The molecule has 2 aromatic heterocycles. The molecule has 0 saturated heterocycles. The van der Waals surface area contributed by atoms with E-state index in [4.69, 9.17) is 16.2 Å². The highest BCUT2D eigenvalue weighted by Gasteiger charge is 2.29. The number of aliphatic hydroxyl groups excluding tert-OH is 1. The van der Waals surface area contributed by atoms with Crippen LogP contribution >= 0.6 is 0 Å². The van der Waals surface area contributed by atoms with Gasteiger partial charge >= 0.3 is 12.1 Å². The van der Waals surface area contributed by atoms with Gasteiger partial charge in [0.15, 0.2) is 5.82 Å². The number of para-hydroxylation sites is 1. The maximum Gasteiger partial charge on any atom is 0.411 e. The molecule has 0 radical (unpaired) electrons. The summed E-state index contributed by atoms with van der Waals surface area (Å²) in [5, 5.41) is 24.4. The first kappa shape index (κ1) is 48.6. The van der Waals surface area contributed by atoms with Crippen molar-refractivity contribution in [3.8, 4) is 0 Å². The standard InChI is InChI=1S/C47H55N11O9/c1-28(2)40(56-37(60)12-4-3-7-24-57-38(61)21-22-39(57)62)45(64)54-35(11-8-23-50-46(49)65)44(63)51-31-19-15-30(16-20-31)27-67-47(66)52-32-17-13-29(14-18-32)25-58-36(26-59)55-41-42(58)33-9-5-6-10-34(33)53-43(41)48/h5-6,9-10,13-22,28,35,40,59H,3-4,7-8,11-12,23-27H2,1-2H3,(H2,48,53)(H,51,63)(H,52,66)(H,54,64)(H,56,60)(H3,49,50,65). The van der Waals surface area contributed by atoms with E-state index in [1.807, 2.05) is 41.0 Å². The zero-order valence-electron chi connectivity index (χ0n) is 37.2. The zero-order chi connectivity index (χ0) is 48.0. The van der Waals surface area contributed by atoms with E-state index in [1.165, 1.54) is 12.2 Å². The topological polar surface area (TPSA) is 295 Å². The Morgan fingerprint density at radius 3 is 2.13 bits per heavy atom. The summed E-state index contributed by atoms with van der Waals surface area (Å²) in [6, 6.07) is 18.6. The molecule has 2 unspecified atom stereocenters. The highest BCUT2D eigenvalue weighted by atomic mass is 16.5. The van der Waals surface area contributed by atoms with E-state index in [0.717, 1.165) is 21.4 Å². The lowest BCUT2D eigenvalue weighted by molar-refractivity contribution is -0.137. The molecule has 10 N–H and O–H groups in total. The molecule has 20 nitrogen and oxygen atoms in total. The predicted molar refractivity (Wildman–Crippen MR) is 250 cm³/mol. The molecule has 352 valence electrons. The van der Waals surface area contributed by atoms with Crippen molar-refractivity contribution in [2.24, 2.45) is 11.7 Å². The van der Waals surface area contributed by atoms with E-state index in [0.29, 0.717) is 66.0 Å². The van der Waals surface area contributed by atoms with E-state index < -0.39 is 36.0 Å². The second-order valence-electron chi connectivity index (χ2n) is 16.3. The number of nitrogens with zero attached hydrogens (tertiary/aromatic N) is 4. The Kier molecular flexibility index (Phi) is 16.6. The molecular formula is C47H55N11O9. The third kappa shape index (κ3) is 13.1. The highest BCUT2D eigenvalue weighted by Crippen LogP contribution is 2.30. The van der Waals surface area contributed by atoms with Crippen LogP contribution in [0.25, 0.3) is 21.9 Å². The van der Waals surface area contributed by atoms with E-state index in [2.05, 4.69) is 36.6 Å². The number of nitrogen functional groups attached to an aromatic ring is 1. The number of urea groups is 1. The maximum absolute atomic E-state index is 13.6. The molecule has 5 aromatic rings. The summed E-state index contributed by atoms with van der Waals surface area (Å²) < 4.78 is 7.34. The number of hydrogen-bond donors (Lipinski definition) is 8. The summed E-state index contributed by atoms with van der Waals surface area (Å²) in [6.07, 6.45) is 3.90. The number of aromatic nitrogens is 3. The van der Waals surface area contributed by atoms with E-state index in [1.54, 1.807) is 50.2 Å². The SMILES string of the molecule is CC(C)C(NC(=O)CCCCCN1C(=O)C=CC1=O)C(=O)NC(CCCNC(N)=O)C(=O)Nc1ccc(COC(=O)Nc2ccc(Cn3c(CO)nc4c(N)nc5ccccc5c43)cc2)cc1. The van der Waals surface area contributed by atoms with Gasteiger partial charge in [-0.25, -0.2) is 19.6 Å². The highest BCUT2D eigenvalue weighted by molar-refractivity contribution is 6.13. The van der Waals surface area contributed by atoms with Gasteiger partial charge in [0.1, 0.15) is 36.6 Å².